The van der Waals surface area contributed by atoms with Gasteiger partial charge in [-0.15, -0.1) is 0 Å². The van der Waals surface area contributed by atoms with E-state index < -0.39 is 0 Å². The van der Waals surface area contributed by atoms with Crippen molar-refractivity contribution in [1.82, 2.24) is 4.90 Å². The van der Waals surface area contributed by atoms with Gasteiger partial charge < -0.3 is 19.1 Å². The molecule has 0 saturated carbocycles. The summed E-state index contributed by atoms with van der Waals surface area (Å²) in [6.07, 6.45) is 1.04. The average molecular weight is 311 g/mol. The van der Waals surface area contributed by atoms with E-state index in [2.05, 4.69) is 36.2 Å². The summed E-state index contributed by atoms with van der Waals surface area (Å²) in [5.41, 5.74) is 4.02. The Morgan fingerprint density at radius 1 is 1.09 bits per heavy atom. The maximum absolute atomic E-state index is 5.60. The lowest BCUT2D eigenvalue weighted by molar-refractivity contribution is 0.174. The smallest absolute Gasteiger partial charge is 0.231 e. The second-order valence-electron chi connectivity index (χ2n) is 6.24. The van der Waals surface area contributed by atoms with Gasteiger partial charge in [0.2, 0.25) is 6.79 Å². The highest BCUT2D eigenvalue weighted by Crippen LogP contribution is 2.40. The minimum atomic E-state index is 0.325. The first kappa shape index (κ1) is 14.4. The van der Waals surface area contributed by atoms with E-state index in [0.29, 0.717) is 12.7 Å². The molecule has 0 aromatic heterocycles. The van der Waals surface area contributed by atoms with Crippen LogP contribution in [0.15, 0.2) is 36.4 Å². The molecule has 2 aliphatic heterocycles. The Kier molecular flexibility index (Phi) is 3.62. The molecule has 0 spiro atoms. The van der Waals surface area contributed by atoms with E-state index in [1.165, 1.54) is 16.7 Å². The van der Waals surface area contributed by atoms with Crippen LogP contribution < -0.4 is 14.2 Å². The van der Waals surface area contributed by atoms with Gasteiger partial charge in [-0.2, -0.15) is 0 Å². The molecule has 0 radical (unpaired) electrons. The Morgan fingerprint density at radius 3 is 2.57 bits per heavy atom. The molecule has 0 N–H and O–H groups in total. The Hall–Kier alpha value is -2.20. The normalized spacial score (nSPS) is 20.0. The predicted molar refractivity (Wildman–Crippen MR) is 88.6 cm³/mol. The van der Waals surface area contributed by atoms with Crippen LogP contribution in [0.2, 0.25) is 0 Å². The first-order chi connectivity index (χ1) is 11.2. The lowest BCUT2D eigenvalue weighted by Gasteiger charge is -2.22. The summed E-state index contributed by atoms with van der Waals surface area (Å²) in [5.74, 6) is 2.97. The van der Waals surface area contributed by atoms with Gasteiger partial charge >= 0.3 is 0 Å². The van der Waals surface area contributed by atoms with Gasteiger partial charge in [0.05, 0.1) is 7.11 Å². The van der Waals surface area contributed by atoms with E-state index >= 15 is 0 Å². The molecule has 0 amide bonds. The van der Waals surface area contributed by atoms with E-state index in [-0.39, 0.29) is 0 Å². The number of hydrogen-bond acceptors (Lipinski definition) is 4. The van der Waals surface area contributed by atoms with Gasteiger partial charge in [-0.1, -0.05) is 12.1 Å². The summed E-state index contributed by atoms with van der Waals surface area (Å²) in [4.78, 5) is 2.39. The maximum atomic E-state index is 5.60. The third kappa shape index (κ3) is 2.63. The molecule has 4 rings (SSSR count). The van der Waals surface area contributed by atoms with Crippen LogP contribution in [0, 0.1) is 0 Å². The van der Waals surface area contributed by atoms with E-state index in [0.717, 1.165) is 36.8 Å². The number of ether oxygens (including phenoxy) is 3. The van der Waals surface area contributed by atoms with Crippen LogP contribution in [-0.4, -0.2) is 38.9 Å². The highest BCUT2D eigenvalue weighted by molar-refractivity contribution is 5.52. The van der Waals surface area contributed by atoms with E-state index in [1.807, 2.05) is 12.1 Å². The quantitative estimate of drug-likeness (QED) is 0.853. The molecule has 2 aromatic carbocycles. The number of fused-ring (bicyclic) bond motifs is 2. The molecule has 2 heterocycles. The summed E-state index contributed by atoms with van der Waals surface area (Å²) in [6.45, 7) is 2.38. The topological polar surface area (TPSA) is 30.9 Å². The van der Waals surface area contributed by atoms with Gasteiger partial charge in [0, 0.05) is 19.0 Å². The van der Waals surface area contributed by atoms with Crippen molar-refractivity contribution < 1.29 is 14.2 Å². The van der Waals surface area contributed by atoms with Crippen molar-refractivity contribution in [2.45, 2.75) is 12.3 Å². The van der Waals surface area contributed by atoms with Gasteiger partial charge in [-0.25, -0.2) is 0 Å². The predicted octanol–water partition coefficient (Wildman–Crippen LogP) is 3.04. The summed E-state index contributed by atoms with van der Waals surface area (Å²) in [5, 5.41) is 0. The fourth-order valence-electron chi connectivity index (χ4n) is 3.47. The fraction of sp³-hybridized carbons (Fsp3) is 0.368. The number of rotatable bonds is 2. The van der Waals surface area contributed by atoms with E-state index in [4.69, 9.17) is 14.2 Å². The average Bonchev–Trinajstić information content (AvgIpc) is 2.98. The SMILES string of the molecule is COc1ccc(C2CN(C)CCc3cc4c(cc32)OCO4)cc1. The fourth-order valence-corrected chi connectivity index (χ4v) is 3.47. The number of likely N-dealkylation sites (N-methyl/N-ethyl adjacent to an activating group) is 1. The van der Waals surface area contributed by atoms with E-state index in [1.54, 1.807) is 7.11 Å². The molecule has 4 nitrogen and oxygen atoms in total. The summed E-state index contributed by atoms with van der Waals surface area (Å²) >= 11 is 0. The molecule has 1 unspecified atom stereocenters. The van der Waals surface area contributed by atoms with Crippen molar-refractivity contribution in [3.8, 4) is 17.2 Å². The van der Waals surface area contributed by atoms with Crippen LogP contribution in [-0.2, 0) is 6.42 Å². The summed E-state index contributed by atoms with van der Waals surface area (Å²) < 4.78 is 16.4. The van der Waals surface area contributed by atoms with Crippen LogP contribution >= 0.6 is 0 Å². The number of methoxy groups -OCH3 is 1. The van der Waals surface area contributed by atoms with Crippen LogP contribution in [0.25, 0.3) is 0 Å². The number of benzene rings is 2. The lowest BCUT2D eigenvalue weighted by atomic mass is 9.87. The van der Waals surface area contributed by atoms with Crippen LogP contribution in [0.1, 0.15) is 22.6 Å². The number of hydrogen-bond donors (Lipinski definition) is 0. The molecule has 0 bridgehead atoms. The highest BCUT2D eigenvalue weighted by atomic mass is 16.7. The van der Waals surface area contributed by atoms with Gasteiger partial charge in [0.1, 0.15) is 5.75 Å². The van der Waals surface area contributed by atoms with Crippen molar-refractivity contribution >= 4 is 0 Å². The third-order valence-electron chi connectivity index (χ3n) is 4.79. The minimum Gasteiger partial charge on any atom is -0.497 e. The van der Waals surface area contributed by atoms with Crippen molar-refractivity contribution in [3.63, 3.8) is 0 Å². The highest BCUT2D eigenvalue weighted by Gasteiger charge is 2.26. The summed E-state index contributed by atoms with van der Waals surface area (Å²) in [6, 6.07) is 12.7. The molecule has 4 heteroatoms. The zero-order chi connectivity index (χ0) is 15.8. The Balaban J connectivity index is 1.78. The monoisotopic (exact) mass is 311 g/mol. The van der Waals surface area contributed by atoms with Gasteiger partial charge in [-0.05, 0) is 54.4 Å². The molecule has 120 valence electrons. The molecule has 0 saturated heterocycles. The van der Waals surface area contributed by atoms with Gasteiger partial charge in [-0.3, -0.25) is 0 Å². The van der Waals surface area contributed by atoms with Crippen LogP contribution in [0.3, 0.4) is 0 Å². The van der Waals surface area contributed by atoms with Crippen LogP contribution in [0.5, 0.6) is 17.2 Å². The van der Waals surface area contributed by atoms with Crippen LogP contribution in [0.4, 0.5) is 0 Å². The molecular weight excluding hydrogens is 290 g/mol. The second-order valence-corrected chi connectivity index (χ2v) is 6.24. The summed E-state index contributed by atoms with van der Waals surface area (Å²) in [7, 11) is 3.88. The van der Waals surface area contributed by atoms with Crippen molar-refractivity contribution in [2.75, 3.05) is 34.0 Å². The second kappa shape index (κ2) is 5.78. The van der Waals surface area contributed by atoms with Crippen molar-refractivity contribution in [1.29, 1.82) is 0 Å². The Labute approximate surface area is 136 Å². The Morgan fingerprint density at radius 2 is 1.83 bits per heavy atom. The molecule has 2 aromatic rings. The maximum Gasteiger partial charge on any atom is 0.231 e. The molecular formula is C19H21NO3. The zero-order valence-electron chi connectivity index (χ0n) is 13.5. The van der Waals surface area contributed by atoms with Crippen molar-refractivity contribution in [2.24, 2.45) is 0 Å². The Bertz CT molecular complexity index is 711. The lowest BCUT2D eigenvalue weighted by Crippen LogP contribution is -2.24. The van der Waals surface area contributed by atoms with Gasteiger partial charge in [0.15, 0.2) is 11.5 Å². The standard InChI is InChI=1S/C19H21NO3/c1-20-8-7-14-9-18-19(23-12-22-18)10-16(14)17(11-20)13-3-5-15(21-2)6-4-13/h3-6,9-10,17H,7-8,11-12H2,1-2H3. The molecule has 1 atom stereocenters. The minimum absolute atomic E-state index is 0.325. The molecule has 23 heavy (non-hydrogen) atoms. The van der Waals surface area contributed by atoms with E-state index in [9.17, 15) is 0 Å². The third-order valence-corrected chi connectivity index (χ3v) is 4.79. The largest absolute Gasteiger partial charge is 0.497 e. The zero-order valence-corrected chi connectivity index (χ0v) is 13.5. The number of nitrogens with zero attached hydrogens (tertiary/aromatic N) is 1. The van der Waals surface area contributed by atoms with Gasteiger partial charge in [0.25, 0.3) is 0 Å². The first-order valence-electron chi connectivity index (χ1n) is 7.99. The van der Waals surface area contributed by atoms with Crippen molar-refractivity contribution in [3.05, 3.63) is 53.1 Å². The molecule has 2 aliphatic rings. The molecule has 0 fully saturated rings. The first-order valence-corrected chi connectivity index (χ1v) is 7.99. The molecule has 0 aliphatic carbocycles.